The van der Waals surface area contributed by atoms with Crippen LogP contribution in [0.4, 0.5) is 0 Å². The van der Waals surface area contributed by atoms with E-state index in [2.05, 4.69) is 5.32 Å². The Bertz CT molecular complexity index is 948. The van der Waals surface area contributed by atoms with E-state index in [1.807, 2.05) is 37.3 Å². The normalized spacial score (nSPS) is 10.8. The van der Waals surface area contributed by atoms with E-state index in [-0.39, 0.29) is 12.5 Å². The maximum Gasteiger partial charge on any atom is 0.336 e. The van der Waals surface area contributed by atoms with Crippen molar-refractivity contribution in [1.82, 2.24) is 5.32 Å². The van der Waals surface area contributed by atoms with Crippen LogP contribution in [-0.4, -0.2) is 5.91 Å². The molecule has 1 N–H and O–H groups in total. The molecule has 0 fully saturated rings. The summed E-state index contributed by atoms with van der Waals surface area (Å²) < 4.78 is 5.21. The van der Waals surface area contributed by atoms with Gasteiger partial charge in [-0.2, -0.15) is 0 Å². The standard InChI is InChI=1S/C19H16ClNO3/c1-12-7-17-15(10-16(12)20)14(9-19(23)24-17)11-21-18(22)8-13-5-3-2-4-6-13/h2-7,9-10H,8,11H2,1H3,(H,21,22). The molecule has 1 heterocycles. The predicted molar refractivity (Wildman–Crippen MR) is 94.2 cm³/mol. The number of nitrogens with one attached hydrogen (secondary N) is 1. The minimum Gasteiger partial charge on any atom is -0.423 e. The summed E-state index contributed by atoms with van der Waals surface area (Å²) in [6.45, 7) is 2.09. The Hall–Kier alpha value is -2.59. The van der Waals surface area contributed by atoms with E-state index >= 15 is 0 Å². The highest BCUT2D eigenvalue weighted by molar-refractivity contribution is 6.32. The fourth-order valence-electron chi connectivity index (χ4n) is 2.53. The molecular weight excluding hydrogens is 326 g/mol. The van der Waals surface area contributed by atoms with Crippen molar-refractivity contribution < 1.29 is 9.21 Å². The van der Waals surface area contributed by atoms with Gasteiger partial charge in [-0.3, -0.25) is 4.79 Å². The summed E-state index contributed by atoms with van der Waals surface area (Å²) in [5.74, 6) is -0.110. The summed E-state index contributed by atoms with van der Waals surface area (Å²) in [5.41, 5.74) is 2.47. The summed E-state index contributed by atoms with van der Waals surface area (Å²) in [6.07, 6.45) is 0.292. The molecule has 0 saturated carbocycles. The van der Waals surface area contributed by atoms with Gasteiger partial charge in [-0.25, -0.2) is 4.79 Å². The molecule has 0 aliphatic heterocycles. The smallest absolute Gasteiger partial charge is 0.336 e. The molecule has 4 nitrogen and oxygen atoms in total. The summed E-state index contributed by atoms with van der Waals surface area (Å²) >= 11 is 6.16. The number of halogens is 1. The number of amides is 1. The average Bonchev–Trinajstić information content (AvgIpc) is 2.55. The Morgan fingerprint density at radius 2 is 1.92 bits per heavy atom. The van der Waals surface area contributed by atoms with Crippen molar-refractivity contribution in [3.8, 4) is 0 Å². The van der Waals surface area contributed by atoms with Crippen molar-refractivity contribution in [2.24, 2.45) is 0 Å². The molecule has 0 spiro atoms. The lowest BCUT2D eigenvalue weighted by Gasteiger charge is -2.09. The van der Waals surface area contributed by atoms with Crippen LogP contribution in [0.25, 0.3) is 11.0 Å². The van der Waals surface area contributed by atoms with Gasteiger partial charge in [-0.1, -0.05) is 41.9 Å². The summed E-state index contributed by atoms with van der Waals surface area (Å²) in [7, 11) is 0. The van der Waals surface area contributed by atoms with Crippen molar-refractivity contribution in [2.75, 3.05) is 0 Å². The Balaban J connectivity index is 1.81. The zero-order valence-corrected chi connectivity index (χ0v) is 13.9. The van der Waals surface area contributed by atoms with Crippen LogP contribution >= 0.6 is 11.6 Å². The van der Waals surface area contributed by atoms with E-state index < -0.39 is 5.63 Å². The third-order valence-corrected chi connectivity index (χ3v) is 4.20. The summed E-state index contributed by atoms with van der Waals surface area (Å²) in [6, 6.07) is 14.4. The predicted octanol–water partition coefficient (Wildman–Crippen LogP) is 3.61. The summed E-state index contributed by atoms with van der Waals surface area (Å²) in [5, 5.41) is 4.16. The SMILES string of the molecule is Cc1cc2oc(=O)cc(CNC(=O)Cc3ccccc3)c2cc1Cl. The highest BCUT2D eigenvalue weighted by atomic mass is 35.5. The monoisotopic (exact) mass is 341 g/mol. The van der Waals surface area contributed by atoms with Crippen LogP contribution in [0.1, 0.15) is 16.7 Å². The zero-order valence-electron chi connectivity index (χ0n) is 13.1. The molecule has 1 amide bonds. The molecule has 0 aliphatic carbocycles. The molecule has 0 aliphatic rings. The first-order valence-corrected chi connectivity index (χ1v) is 7.94. The van der Waals surface area contributed by atoms with Crippen LogP contribution in [0.5, 0.6) is 0 Å². The second-order valence-electron chi connectivity index (χ2n) is 5.63. The molecule has 0 radical (unpaired) electrons. The van der Waals surface area contributed by atoms with E-state index in [9.17, 15) is 9.59 Å². The molecule has 3 rings (SSSR count). The van der Waals surface area contributed by atoms with Gasteiger partial charge in [0, 0.05) is 23.0 Å². The quantitative estimate of drug-likeness (QED) is 0.737. The largest absolute Gasteiger partial charge is 0.423 e. The van der Waals surface area contributed by atoms with Gasteiger partial charge in [0.25, 0.3) is 0 Å². The maximum atomic E-state index is 12.1. The number of benzene rings is 2. The first kappa shape index (κ1) is 16.3. The Morgan fingerprint density at radius 1 is 1.17 bits per heavy atom. The van der Waals surface area contributed by atoms with Crippen LogP contribution in [0.3, 0.4) is 0 Å². The minimum absolute atomic E-state index is 0.110. The van der Waals surface area contributed by atoms with Crippen molar-refractivity contribution >= 4 is 28.5 Å². The van der Waals surface area contributed by atoms with E-state index in [0.717, 1.165) is 16.5 Å². The van der Waals surface area contributed by atoms with Crippen molar-refractivity contribution in [3.05, 3.63) is 80.7 Å². The first-order valence-electron chi connectivity index (χ1n) is 7.56. The number of aryl methyl sites for hydroxylation is 1. The number of carbonyl (C=O) groups excluding carboxylic acids is 1. The fourth-order valence-corrected chi connectivity index (χ4v) is 2.70. The Kier molecular flexibility index (Phi) is 4.67. The third-order valence-electron chi connectivity index (χ3n) is 3.79. The van der Waals surface area contributed by atoms with E-state index in [1.165, 1.54) is 6.07 Å². The van der Waals surface area contributed by atoms with E-state index in [1.54, 1.807) is 12.1 Å². The molecule has 1 aromatic heterocycles. The van der Waals surface area contributed by atoms with Gasteiger partial charge < -0.3 is 9.73 Å². The van der Waals surface area contributed by atoms with Crippen molar-refractivity contribution in [1.29, 1.82) is 0 Å². The van der Waals surface area contributed by atoms with Gasteiger partial charge in [0.1, 0.15) is 5.58 Å². The highest BCUT2D eigenvalue weighted by Gasteiger charge is 2.10. The fraction of sp³-hybridized carbons (Fsp3) is 0.158. The number of hydrogen-bond donors (Lipinski definition) is 1. The third kappa shape index (κ3) is 3.66. The first-order chi connectivity index (χ1) is 11.5. The molecule has 122 valence electrons. The summed E-state index contributed by atoms with van der Waals surface area (Å²) in [4.78, 5) is 23.8. The molecule has 0 saturated heterocycles. The van der Waals surface area contributed by atoms with Crippen molar-refractivity contribution in [2.45, 2.75) is 19.9 Å². The molecular formula is C19H16ClNO3. The van der Waals surface area contributed by atoms with Gasteiger partial charge in [0.05, 0.1) is 6.42 Å². The second kappa shape index (κ2) is 6.89. The van der Waals surface area contributed by atoms with Crippen LogP contribution in [-0.2, 0) is 17.8 Å². The van der Waals surface area contributed by atoms with Gasteiger partial charge in [-0.15, -0.1) is 0 Å². The molecule has 5 heteroatoms. The number of fused-ring (bicyclic) bond motifs is 1. The number of rotatable bonds is 4. The number of hydrogen-bond acceptors (Lipinski definition) is 3. The highest BCUT2D eigenvalue weighted by Crippen LogP contribution is 2.25. The molecule has 2 aromatic carbocycles. The Labute approximate surface area is 144 Å². The van der Waals surface area contributed by atoms with Crippen molar-refractivity contribution in [3.63, 3.8) is 0 Å². The molecule has 0 unspecified atom stereocenters. The van der Waals surface area contributed by atoms with Gasteiger partial charge in [0.2, 0.25) is 5.91 Å². The topological polar surface area (TPSA) is 59.3 Å². The average molecular weight is 342 g/mol. The van der Waals surface area contributed by atoms with Crippen LogP contribution < -0.4 is 10.9 Å². The van der Waals surface area contributed by atoms with Gasteiger partial charge in [0.15, 0.2) is 0 Å². The lowest BCUT2D eigenvalue weighted by molar-refractivity contribution is -0.120. The van der Waals surface area contributed by atoms with Gasteiger partial charge >= 0.3 is 5.63 Å². The van der Waals surface area contributed by atoms with Crippen LogP contribution in [0.2, 0.25) is 5.02 Å². The van der Waals surface area contributed by atoms with Gasteiger partial charge in [-0.05, 0) is 35.7 Å². The number of carbonyl (C=O) groups is 1. The molecule has 0 atom stereocenters. The van der Waals surface area contributed by atoms with E-state index in [0.29, 0.717) is 22.6 Å². The minimum atomic E-state index is -0.448. The van der Waals surface area contributed by atoms with E-state index in [4.69, 9.17) is 16.0 Å². The molecule has 3 aromatic rings. The maximum absolute atomic E-state index is 12.1. The zero-order chi connectivity index (χ0) is 17.1. The molecule has 24 heavy (non-hydrogen) atoms. The second-order valence-corrected chi connectivity index (χ2v) is 6.03. The Morgan fingerprint density at radius 3 is 2.67 bits per heavy atom. The lowest BCUT2D eigenvalue weighted by Crippen LogP contribution is -2.25. The van der Waals surface area contributed by atoms with Crippen LogP contribution in [0.15, 0.2) is 57.7 Å². The molecule has 0 bridgehead atoms. The lowest BCUT2D eigenvalue weighted by atomic mass is 10.1. The van der Waals surface area contributed by atoms with Crippen LogP contribution in [0, 0.1) is 6.92 Å².